The first-order valence-corrected chi connectivity index (χ1v) is 9.24. The third-order valence-electron chi connectivity index (χ3n) is 4.76. The SMILES string of the molecule is CCc1noc(-c2ccn3c(CNC(=O)c4cccc5[nH]ccc45)nnc3c2)n1. The maximum Gasteiger partial charge on any atom is 0.258 e. The molecule has 0 unspecified atom stereocenters. The molecule has 0 bridgehead atoms. The molecular formula is C20H17N7O2. The van der Waals surface area contributed by atoms with Crippen molar-refractivity contribution >= 4 is 22.5 Å². The number of fused-ring (bicyclic) bond motifs is 2. The molecule has 5 aromatic rings. The van der Waals surface area contributed by atoms with E-state index >= 15 is 0 Å². The van der Waals surface area contributed by atoms with Gasteiger partial charge in [-0.05, 0) is 30.3 Å². The second-order valence-corrected chi connectivity index (χ2v) is 6.56. The number of aromatic amines is 1. The van der Waals surface area contributed by atoms with Crippen molar-refractivity contribution in [2.45, 2.75) is 19.9 Å². The number of H-pyrrole nitrogens is 1. The van der Waals surface area contributed by atoms with E-state index in [0.717, 1.165) is 16.5 Å². The van der Waals surface area contributed by atoms with Crippen molar-refractivity contribution < 1.29 is 9.32 Å². The van der Waals surface area contributed by atoms with Crippen LogP contribution in [0.25, 0.3) is 28.0 Å². The number of rotatable bonds is 5. The minimum absolute atomic E-state index is 0.165. The van der Waals surface area contributed by atoms with Crippen LogP contribution in [0.1, 0.15) is 28.9 Å². The Bertz CT molecular complexity index is 1330. The van der Waals surface area contributed by atoms with Gasteiger partial charge in [0.15, 0.2) is 17.3 Å². The number of amides is 1. The monoisotopic (exact) mass is 387 g/mol. The lowest BCUT2D eigenvalue weighted by Gasteiger charge is -2.06. The Kier molecular flexibility index (Phi) is 4.05. The van der Waals surface area contributed by atoms with Crippen LogP contribution in [-0.4, -0.2) is 35.6 Å². The molecule has 0 aliphatic carbocycles. The Morgan fingerprint density at radius 3 is 3.03 bits per heavy atom. The van der Waals surface area contributed by atoms with Gasteiger partial charge in [-0.2, -0.15) is 4.98 Å². The molecule has 0 fully saturated rings. The Labute approximate surface area is 164 Å². The van der Waals surface area contributed by atoms with Crippen LogP contribution in [-0.2, 0) is 13.0 Å². The van der Waals surface area contributed by atoms with Crippen molar-refractivity contribution in [3.8, 4) is 11.5 Å². The van der Waals surface area contributed by atoms with E-state index in [9.17, 15) is 4.79 Å². The molecule has 4 heterocycles. The van der Waals surface area contributed by atoms with Crippen LogP contribution < -0.4 is 5.32 Å². The summed E-state index contributed by atoms with van der Waals surface area (Å²) in [6.45, 7) is 2.22. The lowest BCUT2D eigenvalue weighted by atomic mass is 10.1. The van der Waals surface area contributed by atoms with Crippen LogP contribution >= 0.6 is 0 Å². The smallest absolute Gasteiger partial charge is 0.258 e. The van der Waals surface area contributed by atoms with Gasteiger partial charge in [-0.3, -0.25) is 9.20 Å². The number of pyridine rings is 1. The van der Waals surface area contributed by atoms with E-state index in [1.54, 1.807) is 6.07 Å². The summed E-state index contributed by atoms with van der Waals surface area (Å²) in [5, 5.41) is 16.1. The molecule has 0 aliphatic rings. The maximum atomic E-state index is 12.6. The second-order valence-electron chi connectivity index (χ2n) is 6.56. The zero-order valence-corrected chi connectivity index (χ0v) is 15.6. The quantitative estimate of drug-likeness (QED) is 0.479. The predicted octanol–water partition coefficient (Wildman–Crippen LogP) is 2.75. The highest BCUT2D eigenvalue weighted by Gasteiger charge is 2.14. The molecule has 29 heavy (non-hydrogen) atoms. The average Bonchev–Trinajstić information content (AvgIpc) is 3.50. The number of aromatic nitrogens is 6. The molecule has 144 valence electrons. The Morgan fingerprint density at radius 2 is 2.17 bits per heavy atom. The highest BCUT2D eigenvalue weighted by molar-refractivity contribution is 6.06. The molecule has 5 rings (SSSR count). The summed E-state index contributed by atoms with van der Waals surface area (Å²) in [7, 11) is 0. The van der Waals surface area contributed by atoms with Gasteiger partial charge in [0.1, 0.15) is 0 Å². The predicted molar refractivity (Wildman–Crippen MR) is 105 cm³/mol. The zero-order valence-electron chi connectivity index (χ0n) is 15.6. The first kappa shape index (κ1) is 17.1. The number of nitrogens with one attached hydrogen (secondary N) is 2. The van der Waals surface area contributed by atoms with Crippen molar-refractivity contribution in [2.75, 3.05) is 0 Å². The summed E-state index contributed by atoms with van der Waals surface area (Å²) in [5.41, 5.74) is 2.94. The fourth-order valence-corrected chi connectivity index (χ4v) is 3.25. The summed E-state index contributed by atoms with van der Waals surface area (Å²) in [6, 6.07) is 11.2. The number of benzene rings is 1. The van der Waals surface area contributed by atoms with E-state index in [1.165, 1.54) is 0 Å². The molecule has 9 nitrogen and oxygen atoms in total. The van der Waals surface area contributed by atoms with Gasteiger partial charge in [-0.1, -0.05) is 18.1 Å². The molecule has 0 aliphatic heterocycles. The van der Waals surface area contributed by atoms with E-state index in [4.69, 9.17) is 4.52 Å². The van der Waals surface area contributed by atoms with E-state index in [2.05, 4.69) is 30.6 Å². The zero-order chi connectivity index (χ0) is 19.8. The molecule has 9 heteroatoms. The number of aryl methyl sites for hydroxylation is 1. The first-order valence-electron chi connectivity index (χ1n) is 9.24. The van der Waals surface area contributed by atoms with Gasteiger partial charge in [0.25, 0.3) is 11.8 Å². The Balaban J connectivity index is 1.37. The molecule has 0 atom stereocenters. The van der Waals surface area contributed by atoms with E-state index in [1.807, 2.05) is 54.0 Å². The average molecular weight is 387 g/mol. The lowest BCUT2D eigenvalue weighted by Crippen LogP contribution is -2.24. The van der Waals surface area contributed by atoms with E-state index < -0.39 is 0 Å². The first-order chi connectivity index (χ1) is 14.2. The Morgan fingerprint density at radius 1 is 1.24 bits per heavy atom. The molecule has 1 amide bonds. The number of hydrogen-bond donors (Lipinski definition) is 2. The fraction of sp³-hybridized carbons (Fsp3) is 0.150. The molecule has 0 radical (unpaired) electrons. The number of hydrogen-bond acceptors (Lipinski definition) is 6. The van der Waals surface area contributed by atoms with Gasteiger partial charge >= 0.3 is 0 Å². The third kappa shape index (κ3) is 3.02. The van der Waals surface area contributed by atoms with Crippen molar-refractivity contribution in [1.29, 1.82) is 0 Å². The number of nitrogens with zero attached hydrogens (tertiary/aromatic N) is 5. The van der Waals surface area contributed by atoms with Crippen LogP contribution in [0.4, 0.5) is 0 Å². The van der Waals surface area contributed by atoms with Gasteiger partial charge in [0, 0.05) is 40.8 Å². The standard InChI is InChI=1S/C20H17N7O2/c1-2-16-23-20(29-26-16)12-7-9-27-17(10-12)24-25-18(27)11-22-19(28)14-4-3-5-15-13(14)6-8-21-15/h3-10,21H,2,11H2,1H3,(H,22,28). The molecule has 4 aromatic heterocycles. The van der Waals surface area contributed by atoms with Crippen LogP contribution in [0.5, 0.6) is 0 Å². The number of carbonyl (C=O) groups excluding carboxylic acids is 1. The highest BCUT2D eigenvalue weighted by Crippen LogP contribution is 2.20. The summed E-state index contributed by atoms with van der Waals surface area (Å²) in [4.78, 5) is 20.1. The molecular weight excluding hydrogens is 370 g/mol. The van der Waals surface area contributed by atoms with Crippen molar-refractivity contribution in [2.24, 2.45) is 0 Å². The summed E-state index contributed by atoms with van der Waals surface area (Å²) in [6.07, 6.45) is 4.35. The van der Waals surface area contributed by atoms with Gasteiger partial charge < -0.3 is 14.8 Å². The van der Waals surface area contributed by atoms with E-state index in [0.29, 0.717) is 35.2 Å². The van der Waals surface area contributed by atoms with Crippen molar-refractivity contribution in [3.05, 3.63) is 66.0 Å². The minimum atomic E-state index is -0.165. The normalized spacial score (nSPS) is 11.3. The van der Waals surface area contributed by atoms with Crippen LogP contribution in [0.15, 0.2) is 53.3 Å². The Hall–Kier alpha value is -4.01. The van der Waals surface area contributed by atoms with Crippen molar-refractivity contribution in [3.63, 3.8) is 0 Å². The topological polar surface area (TPSA) is 114 Å². The van der Waals surface area contributed by atoms with Gasteiger partial charge in [-0.25, -0.2) is 0 Å². The minimum Gasteiger partial charge on any atom is -0.361 e. The fourth-order valence-electron chi connectivity index (χ4n) is 3.25. The maximum absolute atomic E-state index is 12.6. The van der Waals surface area contributed by atoms with Gasteiger partial charge in [0.05, 0.1) is 6.54 Å². The summed E-state index contributed by atoms with van der Waals surface area (Å²) in [5.74, 6) is 1.56. The second kappa shape index (κ2) is 6.86. The van der Waals surface area contributed by atoms with Crippen LogP contribution in [0.2, 0.25) is 0 Å². The van der Waals surface area contributed by atoms with Gasteiger partial charge in [-0.15, -0.1) is 10.2 Å². The van der Waals surface area contributed by atoms with Crippen LogP contribution in [0, 0.1) is 0 Å². The van der Waals surface area contributed by atoms with Gasteiger partial charge in [0.2, 0.25) is 0 Å². The molecule has 2 N–H and O–H groups in total. The van der Waals surface area contributed by atoms with Crippen molar-refractivity contribution in [1.82, 2.24) is 35.0 Å². The number of carbonyl (C=O) groups is 1. The van der Waals surface area contributed by atoms with Crippen LogP contribution in [0.3, 0.4) is 0 Å². The summed E-state index contributed by atoms with van der Waals surface area (Å²) < 4.78 is 7.09. The largest absolute Gasteiger partial charge is 0.361 e. The third-order valence-corrected chi connectivity index (χ3v) is 4.76. The lowest BCUT2D eigenvalue weighted by molar-refractivity contribution is 0.0951. The van der Waals surface area contributed by atoms with E-state index in [-0.39, 0.29) is 12.5 Å². The molecule has 0 spiro atoms. The summed E-state index contributed by atoms with van der Waals surface area (Å²) >= 11 is 0. The molecule has 0 saturated carbocycles. The molecule has 1 aromatic carbocycles. The molecule has 0 saturated heterocycles. The highest BCUT2D eigenvalue weighted by atomic mass is 16.5.